The van der Waals surface area contributed by atoms with Crippen molar-refractivity contribution in [3.05, 3.63) is 58.1 Å². The zero-order valence-electron chi connectivity index (χ0n) is 17.1. The summed E-state index contributed by atoms with van der Waals surface area (Å²) in [5, 5.41) is 5.87. The Kier molecular flexibility index (Phi) is 6.13. The van der Waals surface area contributed by atoms with Gasteiger partial charge in [0.2, 0.25) is 0 Å². The van der Waals surface area contributed by atoms with Crippen LogP contribution in [0.2, 0.25) is 0 Å². The third kappa shape index (κ3) is 4.57. The van der Waals surface area contributed by atoms with Crippen LogP contribution in [-0.2, 0) is 4.74 Å². The lowest BCUT2D eigenvalue weighted by Crippen LogP contribution is -2.39. The Morgan fingerprint density at radius 1 is 1.16 bits per heavy atom. The van der Waals surface area contributed by atoms with E-state index in [1.807, 2.05) is 39.9 Å². The van der Waals surface area contributed by atoms with Crippen molar-refractivity contribution in [1.29, 1.82) is 0 Å². The molecular weight excluding hydrogens is 428 g/mol. The summed E-state index contributed by atoms with van der Waals surface area (Å²) in [7, 11) is 0. The van der Waals surface area contributed by atoms with Gasteiger partial charge in [0.05, 0.1) is 29.5 Å². The Morgan fingerprint density at radius 2 is 2.03 bits per heavy atom. The molecule has 1 amide bonds. The number of thiazole rings is 1. The maximum absolute atomic E-state index is 13.2. The molecule has 0 saturated carbocycles. The second-order valence-corrected chi connectivity index (χ2v) is 9.31. The Balaban J connectivity index is 1.36. The summed E-state index contributed by atoms with van der Waals surface area (Å²) in [6, 6.07) is 14.1. The smallest absolute Gasteiger partial charge is 0.270 e. The molecule has 0 atom stereocenters. The van der Waals surface area contributed by atoms with Gasteiger partial charge in [0.1, 0.15) is 0 Å². The van der Waals surface area contributed by atoms with Gasteiger partial charge >= 0.3 is 0 Å². The fourth-order valence-corrected chi connectivity index (χ4v) is 5.34. The van der Waals surface area contributed by atoms with Gasteiger partial charge in [-0.1, -0.05) is 24.3 Å². The lowest BCUT2D eigenvalue weighted by atomic mass is 10.2. The van der Waals surface area contributed by atoms with Gasteiger partial charge in [0.25, 0.3) is 5.91 Å². The van der Waals surface area contributed by atoms with E-state index in [1.165, 1.54) is 22.7 Å². The summed E-state index contributed by atoms with van der Waals surface area (Å²) in [5.41, 5.74) is 2.93. The van der Waals surface area contributed by atoms with Crippen LogP contribution in [0.1, 0.15) is 16.1 Å². The van der Waals surface area contributed by atoms with Crippen molar-refractivity contribution in [2.45, 2.75) is 6.42 Å². The van der Waals surface area contributed by atoms with Crippen molar-refractivity contribution < 1.29 is 9.53 Å². The van der Waals surface area contributed by atoms with Gasteiger partial charge in [-0.25, -0.2) is 4.98 Å². The molecule has 1 fully saturated rings. The minimum absolute atomic E-state index is 0.0227. The number of hydrogen-bond acceptors (Lipinski definition) is 6. The number of ether oxygens (including phenoxy) is 1. The number of amides is 1. The summed E-state index contributed by atoms with van der Waals surface area (Å²) in [6.45, 7) is 5.10. The number of H-pyrrole nitrogens is 1. The first-order valence-corrected chi connectivity index (χ1v) is 12.2. The zero-order chi connectivity index (χ0) is 21.0. The molecule has 3 aromatic heterocycles. The lowest BCUT2D eigenvalue weighted by molar-refractivity contribution is 0.0376. The van der Waals surface area contributed by atoms with E-state index in [0.29, 0.717) is 6.54 Å². The van der Waals surface area contributed by atoms with Crippen LogP contribution in [0, 0.1) is 0 Å². The van der Waals surface area contributed by atoms with Gasteiger partial charge in [0, 0.05) is 42.5 Å². The molecular formula is C23H24N4O2S2. The second kappa shape index (κ2) is 9.32. The highest BCUT2D eigenvalue weighted by molar-refractivity contribution is 7.14. The fourth-order valence-electron chi connectivity index (χ4n) is 3.82. The van der Waals surface area contributed by atoms with Crippen LogP contribution < -0.4 is 4.90 Å². The summed E-state index contributed by atoms with van der Waals surface area (Å²) >= 11 is 2.99. The SMILES string of the molecule is O=C(c1cccs1)N(CCCN1CCOCC1)c1nc(-c2cc3ccccc3[nH]2)cs1. The lowest BCUT2D eigenvalue weighted by Gasteiger charge is -2.27. The second-order valence-electron chi connectivity index (χ2n) is 7.53. The van der Waals surface area contributed by atoms with Crippen molar-refractivity contribution in [3.8, 4) is 11.4 Å². The Morgan fingerprint density at radius 3 is 2.84 bits per heavy atom. The normalized spacial score (nSPS) is 14.8. The van der Waals surface area contributed by atoms with E-state index < -0.39 is 0 Å². The molecule has 160 valence electrons. The van der Waals surface area contributed by atoms with Crippen molar-refractivity contribution in [1.82, 2.24) is 14.9 Å². The summed E-state index contributed by atoms with van der Waals surface area (Å²) in [5.74, 6) is 0.0227. The number of para-hydroxylation sites is 1. The third-order valence-electron chi connectivity index (χ3n) is 5.47. The topological polar surface area (TPSA) is 61.5 Å². The highest BCUT2D eigenvalue weighted by Crippen LogP contribution is 2.30. The van der Waals surface area contributed by atoms with E-state index in [2.05, 4.69) is 28.1 Å². The molecule has 1 aliphatic rings. The molecule has 0 unspecified atom stereocenters. The number of morpholine rings is 1. The molecule has 0 spiro atoms. The Labute approximate surface area is 189 Å². The van der Waals surface area contributed by atoms with Crippen LogP contribution in [0.4, 0.5) is 5.13 Å². The fraction of sp³-hybridized carbons (Fsp3) is 0.304. The first-order valence-electron chi connectivity index (χ1n) is 10.5. The number of carbonyl (C=O) groups is 1. The number of anilines is 1. The molecule has 31 heavy (non-hydrogen) atoms. The van der Waals surface area contributed by atoms with E-state index in [9.17, 15) is 4.79 Å². The van der Waals surface area contributed by atoms with E-state index in [1.54, 1.807) is 0 Å². The van der Waals surface area contributed by atoms with Crippen LogP contribution >= 0.6 is 22.7 Å². The van der Waals surface area contributed by atoms with E-state index >= 15 is 0 Å². The number of benzene rings is 1. The number of thiophene rings is 1. The van der Waals surface area contributed by atoms with Crippen LogP contribution in [-0.4, -0.2) is 60.2 Å². The number of aromatic amines is 1. The minimum Gasteiger partial charge on any atom is -0.379 e. The predicted molar refractivity (Wildman–Crippen MR) is 127 cm³/mol. The van der Waals surface area contributed by atoms with Gasteiger partial charge in [-0.3, -0.25) is 14.6 Å². The van der Waals surface area contributed by atoms with Crippen LogP contribution in [0.25, 0.3) is 22.3 Å². The van der Waals surface area contributed by atoms with Gasteiger partial charge < -0.3 is 9.72 Å². The molecule has 0 radical (unpaired) electrons. The standard InChI is InChI=1S/C23H24N4O2S2/c28-22(21-7-3-14-30-21)27(9-4-8-26-10-12-29-13-11-26)23-25-20(16-31-23)19-15-17-5-1-2-6-18(17)24-19/h1-3,5-7,14-16,24H,4,8-13H2. The molecule has 4 aromatic rings. The summed E-state index contributed by atoms with van der Waals surface area (Å²) in [6.07, 6.45) is 0.901. The number of nitrogens with zero attached hydrogens (tertiary/aromatic N) is 3. The summed E-state index contributed by atoms with van der Waals surface area (Å²) < 4.78 is 5.43. The maximum atomic E-state index is 13.2. The molecule has 4 heterocycles. The Bertz CT molecular complexity index is 1110. The largest absolute Gasteiger partial charge is 0.379 e. The molecule has 1 aliphatic heterocycles. The first kappa shape index (κ1) is 20.4. The molecule has 1 aromatic carbocycles. The molecule has 0 bridgehead atoms. The highest BCUT2D eigenvalue weighted by atomic mass is 32.1. The highest BCUT2D eigenvalue weighted by Gasteiger charge is 2.22. The van der Waals surface area contributed by atoms with Gasteiger partial charge in [-0.05, 0) is 30.0 Å². The van der Waals surface area contributed by atoms with E-state index in [-0.39, 0.29) is 5.91 Å². The predicted octanol–water partition coefficient (Wildman–Crippen LogP) is 4.72. The third-order valence-corrected chi connectivity index (χ3v) is 7.19. The number of rotatable bonds is 7. The van der Waals surface area contributed by atoms with E-state index in [0.717, 1.165) is 71.6 Å². The molecule has 8 heteroatoms. The van der Waals surface area contributed by atoms with Gasteiger partial charge in [-0.15, -0.1) is 22.7 Å². The molecule has 1 saturated heterocycles. The molecule has 0 aliphatic carbocycles. The van der Waals surface area contributed by atoms with Crippen molar-refractivity contribution >= 4 is 44.6 Å². The number of carbonyl (C=O) groups excluding carboxylic acids is 1. The van der Waals surface area contributed by atoms with Crippen molar-refractivity contribution in [2.75, 3.05) is 44.3 Å². The Hall–Kier alpha value is -2.52. The molecule has 5 rings (SSSR count). The van der Waals surface area contributed by atoms with Crippen molar-refractivity contribution in [2.24, 2.45) is 0 Å². The van der Waals surface area contributed by atoms with Gasteiger partial charge in [-0.2, -0.15) is 0 Å². The maximum Gasteiger partial charge on any atom is 0.270 e. The van der Waals surface area contributed by atoms with Crippen LogP contribution in [0.3, 0.4) is 0 Å². The van der Waals surface area contributed by atoms with Gasteiger partial charge in [0.15, 0.2) is 5.13 Å². The van der Waals surface area contributed by atoms with Crippen LogP contribution in [0.5, 0.6) is 0 Å². The number of hydrogen-bond donors (Lipinski definition) is 1. The number of nitrogens with one attached hydrogen (secondary N) is 1. The first-order chi connectivity index (χ1) is 15.3. The van der Waals surface area contributed by atoms with Crippen molar-refractivity contribution in [3.63, 3.8) is 0 Å². The summed E-state index contributed by atoms with van der Waals surface area (Å²) in [4.78, 5) is 26.5. The van der Waals surface area contributed by atoms with E-state index in [4.69, 9.17) is 9.72 Å². The monoisotopic (exact) mass is 452 g/mol. The molecule has 1 N–H and O–H groups in total. The molecule has 6 nitrogen and oxygen atoms in total. The number of fused-ring (bicyclic) bond motifs is 1. The zero-order valence-corrected chi connectivity index (χ0v) is 18.8. The van der Waals surface area contributed by atoms with Crippen LogP contribution in [0.15, 0.2) is 53.2 Å². The average Bonchev–Trinajstić information content (AvgIpc) is 3.57. The minimum atomic E-state index is 0.0227. The quantitative estimate of drug-likeness (QED) is 0.441. The number of aromatic nitrogens is 2. The average molecular weight is 453 g/mol.